The van der Waals surface area contributed by atoms with Gasteiger partial charge >= 0.3 is 6.18 Å². The van der Waals surface area contributed by atoms with Gasteiger partial charge in [0.25, 0.3) is 0 Å². The van der Waals surface area contributed by atoms with Crippen molar-refractivity contribution in [2.24, 2.45) is 0 Å². The third kappa shape index (κ3) is 5.44. The van der Waals surface area contributed by atoms with Gasteiger partial charge in [-0.2, -0.15) is 13.2 Å². The van der Waals surface area contributed by atoms with Crippen LogP contribution in [0.1, 0.15) is 26.7 Å². The molecule has 0 fully saturated rings. The second-order valence-corrected chi connectivity index (χ2v) is 3.29. The summed E-state index contributed by atoms with van der Waals surface area (Å²) in [6.45, 7) is 3.11. The van der Waals surface area contributed by atoms with Gasteiger partial charge in [0.15, 0.2) is 6.10 Å². The lowest BCUT2D eigenvalue weighted by Gasteiger charge is -2.20. The molecule has 0 spiro atoms. The van der Waals surface area contributed by atoms with E-state index in [-0.39, 0.29) is 12.6 Å². The Bertz CT molecular complexity index is 149. The highest BCUT2D eigenvalue weighted by molar-refractivity contribution is 4.66. The molecule has 1 N–H and O–H groups in total. The van der Waals surface area contributed by atoms with E-state index in [0.29, 0.717) is 0 Å². The van der Waals surface area contributed by atoms with Crippen LogP contribution in [0.2, 0.25) is 0 Å². The van der Waals surface area contributed by atoms with E-state index in [9.17, 15) is 13.2 Å². The van der Waals surface area contributed by atoms with Crippen LogP contribution in [0.4, 0.5) is 13.2 Å². The molecular formula is C9H18F3NO. The van der Waals surface area contributed by atoms with Gasteiger partial charge < -0.3 is 10.1 Å². The summed E-state index contributed by atoms with van der Waals surface area (Å²) in [5, 5.41) is 2.92. The predicted octanol–water partition coefficient (Wildman–Crippen LogP) is 2.34. The molecule has 2 atom stereocenters. The summed E-state index contributed by atoms with van der Waals surface area (Å²) < 4.78 is 40.9. The molecule has 86 valence electrons. The number of hydrogen-bond donors (Lipinski definition) is 1. The maximum atomic E-state index is 12.0. The zero-order chi connectivity index (χ0) is 11.2. The molecule has 0 saturated carbocycles. The van der Waals surface area contributed by atoms with Gasteiger partial charge in [-0.25, -0.2) is 0 Å². The molecule has 0 heterocycles. The Morgan fingerprint density at radius 3 is 2.29 bits per heavy atom. The van der Waals surface area contributed by atoms with Gasteiger partial charge in [-0.3, -0.25) is 0 Å². The monoisotopic (exact) mass is 213 g/mol. The van der Waals surface area contributed by atoms with Crippen molar-refractivity contribution in [3.05, 3.63) is 0 Å². The first-order valence-electron chi connectivity index (χ1n) is 4.77. The van der Waals surface area contributed by atoms with E-state index >= 15 is 0 Å². The first kappa shape index (κ1) is 13.7. The summed E-state index contributed by atoms with van der Waals surface area (Å²) in [5.41, 5.74) is 0. The molecule has 0 bridgehead atoms. The first-order chi connectivity index (χ1) is 6.41. The standard InChI is InChI=1S/C9H18F3NO/c1-4-5-8(13-3)6-14-7(2)9(10,11)12/h7-8,13H,4-6H2,1-3H3. The SMILES string of the molecule is CCCC(COC(C)C(F)(F)F)NC. The molecule has 0 aliphatic carbocycles. The Labute approximate surface area is 82.8 Å². The minimum atomic E-state index is -4.26. The van der Waals surface area contributed by atoms with Crippen molar-refractivity contribution in [2.75, 3.05) is 13.7 Å². The Hall–Kier alpha value is -0.290. The maximum absolute atomic E-state index is 12.0. The fourth-order valence-electron chi connectivity index (χ4n) is 1.01. The molecule has 2 unspecified atom stereocenters. The molecule has 0 aromatic carbocycles. The van der Waals surface area contributed by atoms with Gasteiger partial charge in [-0.05, 0) is 20.4 Å². The Kier molecular flexibility index (Phi) is 6.11. The van der Waals surface area contributed by atoms with Crippen molar-refractivity contribution in [3.63, 3.8) is 0 Å². The third-order valence-electron chi connectivity index (χ3n) is 2.05. The van der Waals surface area contributed by atoms with Crippen LogP contribution in [0.15, 0.2) is 0 Å². The van der Waals surface area contributed by atoms with Crippen LogP contribution in [0.25, 0.3) is 0 Å². The van der Waals surface area contributed by atoms with Crippen molar-refractivity contribution >= 4 is 0 Å². The van der Waals surface area contributed by atoms with Crippen LogP contribution in [0.5, 0.6) is 0 Å². The number of nitrogens with one attached hydrogen (secondary N) is 1. The molecular weight excluding hydrogens is 195 g/mol. The van der Waals surface area contributed by atoms with Crippen molar-refractivity contribution in [1.82, 2.24) is 5.32 Å². The second-order valence-electron chi connectivity index (χ2n) is 3.29. The molecule has 0 aliphatic heterocycles. The average molecular weight is 213 g/mol. The topological polar surface area (TPSA) is 21.3 Å². The zero-order valence-electron chi connectivity index (χ0n) is 8.82. The molecule has 0 aromatic heterocycles. The van der Waals surface area contributed by atoms with Gasteiger partial charge in [0, 0.05) is 6.04 Å². The summed E-state index contributed by atoms with van der Waals surface area (Å²) in [5.74, 6) is 0. The normalized spacial score (nSPS) is 16.7. The first-order valence-corrected chi connectivity index (χ1v) is 4.77. The fraction of sp³-hybridized carbons (Fsp3) is 1.00. The number of hydrogen-bond acceptors (Lipinski definition) is 2. The van der Waals surface area contributed by atoms with Crippen LogP contribution in [-0.2, 0) is 4.74 Å². The predicted molar refractivity (Wildman–Crippen MR) is 49.2 cm³/mol. The summed E-state index contributed by atoms with van der Waals surface area (Å²) in [6.07, 6.45) is -4.20. The molecule has 0 amide bonds. The number of rotatable bonds is 6. The summed E-state index contributed by atoms with van der Waals surface area (Å²) in [4.78, 5) is 0. The van der Waals surface area contributed by atoms with Gasteiger partial charge in [0.1, 0.15) is 0 Å². The maximum Gasteiger partial charge on any atom is 0.414 e. The average Bonchev–Trinajstić information content (AvgIpc) is 2.10. The van der Waals surface area contributed by atoms with E-state index in [4.69, 9.17) is 4.74 Å². The highest BCUT2D eigenvalue weighted by atomic mass is 19.4. The second kappa shape index (κ2) is 6.24. The molecule has 2 nitrogen and oxygen atoms in total. The number of likely N-dealkylation sites (N-methyl/N-ethyl adjacent to an activating group) is 1. The summed E-state index contributed by atoms with van der Waals surface area (Å²) in [6, 6.07) is 0.00444. The van der Waals surface area contributed by atoms with E-state index in [1.165, 1.54) is 0 Å². The molecule has 0 rings (SSSR count). The number of halogens is 3. The van der Waals surface area contributed by atoms with E-state index in [1.807, 2.05) is 6.92 Å². The molecule has 14 heavy (non-hydrogen) atoms. The largest absolute Gasteiger partial charge is 0.414 e. The van der Waals surface area contributed by atoms with Crippen LogP contribution in [0.3, 0.4) is 0 Å². The van der Waals surface area contributed by atoms with Gasteiger partial charge in [-0.1, -0.05) is 13.3 Å². The van der Waals surface area contributed by atoms with Crippen molar-refractivity contribution < 1.29 is 17.9 Å². The van der Waals surface area contributed by atoms with E-state index < -0.39 is 12.3 Å². The molecule has 0 aliphatic rings. The van der Waals surface area contributed by atoms with Crippen LogP contribution in [0, 0.1) is 0 Å². The minimum Gasteiger partial charge on any atom is -0.367 e. The minimum absolute atomic E-state index is 0.00444. The Morgan fingerprint density at radius 2 is 1.93 bits per heavy atom. The van der Waals surface area contributed by atoms with Gasteiger partial charge in [0.05, 0.1) is 6.61 Å². The highest BCUT2D eigenvalue weighted by Crippen LogP contribution is 2.22. The van der Waals surface area contributed by atoms with Crippen molar-refractivity contribution in [1.29, 1.82) is 0 Å². The third-order valence-corrected chi connectivity index (χ3v) is 2.05. The zero-order valence-corrected chi connectivity index (χ0v) is 8.82. The Balaban J connectivity index is 3.79. The fourth-order valence-corrected chi connectivity index (χ4v) is 1.01. The molecule has 0 aromatic rings. The molecule has 5 heteroatoms. The lowest BCUT2D eigenvalue weighted by atomic mass is 10.2. The number of ether oxygens (including phenoxy) is 1. The van der Waals surface area contributed by atoms with Gasteiger partial charge in [0.2, 0.25) is 0 Å². The van der Waals surface area contributed by atoms with Crippen molar-refractivity contribution in [3.8, 4) is 0 Å². The summed E-state index contributed by atoms with van der Waals surface area (Å²) in [7, 11) is 1.72. The van der Waals surface area contributed by atoms with Gasteiger partial charge in [-0.15, -0.1) is 0 Å². The molecule has 0 radical (unpaired) electrons. The van der Waals surface area contributed by atoms with E-state index in [2.05, 4.69) is 5.32 Å². The smallest absolute Gasteiger partial charge is 0.367 e. The Morgan fingerprint density at radius 1 is 1.36 bits per heavy atom. The van der Waals surface area contributed by atoms with E-state index in [0.717, 1.165) is 19.8 Å². The highest BCUT2D eigenvalue weighted by Gasteiger charge is 2.37. The van der Waals surface area contributed by atoms with Crippen LogP contribution in [-0.4, -0.2) is 32.0 Å². The quantitative estimate of drug-likeness (QED) is 0.731. The molecule has 0 saturated heterocycles. The number of alkyl halides is 3. The lowest BCUT2D eigenvalue weighted by Crippen LogP contribution is -2.36. The van der Waals surface area contributed by atoms with Crippen LogP contribution >= 0.6 is 0 Å². The van der Waals surface area contributed by atoms with Crippen molar-refractivity contribution in [2.45, 2.75) is 45.0 Å². The van der Waals surface area contributed by atoms with E-state index in [1.54, 1.807) is 7.05 Å². The lowest BCUT2D eigenvalue weighted by molar-refractivity contribution is -0.215. The van der Waals surface area contributed by atoms with Crippen LogP contribution < -0.4 is 5.32 Å². The summed E-state index contributed by atoms with van der Waals surface area (Å²) >= 11 is 0.